The zero-order valence-electron chi connectivity index (χ0n) is 33.6. The van der Waals surface area contributed by atoms with Gasteiger partial charge in [0.2, 0.25) is 0 Å². The van der Waals surface area contributed by atoms with Crippen molar-refractivity contribution in [2.24, 2.45) is 5.41 Å². The van der Waals surface area contributed by atoms with Gasteiger partial charge in [0.15, 0.2) is 17.5 Å². The molecule has 0 fully saturated rings. The first-order chi connectivity index (χ1) is 27.5. The third-order valence-corrected chi connectivity index (χ3v) is 11.2. The smallest absolute Gasteiger partial charge is 0.164 e. The fraction of sp³-hybridized carbons (Fsp3) is 0.189. The van der Waals surface area contributed by atoms with Crippen LogP contribution in [0.3, 0.4) is 0 Å². The van der Waals surface area contributed by atoms with Crippen LogP contribution in [-0.4, -0.2) is 19.5 Å². The number of hydrogen-bond acceptors (Lipinski definition) is 3. The molecule has 2 heterocycles. The predicted molar refractivity (Wildman–Crippen MR) is 236 cm³/mol. The number of allylic oxidation sites excluding steroid dienone is 1. The number of fused-ring (bicyclic) bond motifs is 3. The quantitative estimate of drug-likeness (QED) is 0.171. The molecule has 0 amide bonds. The summed E-state index contributed by atoms with van der Waals surface area (Å²) in [5.41, 5.74) is 14.8. The molecule has 4 nitrogen and oxygen atoms in total. The minimum Gasteiger partial charge on any atom is -0.312 e. The highest BCUT2D eigenvalue weighted by Gasteiger charge is 2.30. The highest BCUT2D eigenvalue weighted by Crippen LogP contribution is 2.46. The Morgan fingerprint density at radius 1 is 0.544 bits per heavy atom. The van der Waals surface area contributed by atoms with Crippen molar-refractivity contribution in [1.29, 1.82) is 0 Å². The lowest BCUT2D eigenvalue weighted by molar-refractivity contribution is 0.483. The molecule has 1 aliphatic rings. The van der Waals surface area contributed by atoms with E-state index >= 15 is 0 Å². The van der Waals surface area contributed by atoms with Gasteiger partial charge in [0, 0.05) is 50.0 Å². The van der Waals surface area contributed by atoms with Gasteiger partial charge in [-0.2, -0.15) is 0 Å². The third kappa shape index (κ3) is 6.85. The first-order valence-corrected chi connectivity index (χ1v) is 19.9. The minimum absolute atomic E-state index is 0.00694. The molecule has 0 bridgehead atoms. The van der Waals surface area contributed by atoms with Crippen molar-refractivity contribution in [2.45, 2.75) is 59.8 Å². The van der Waals surface area contributed by atoms with Crippen molar-refractivity contribution in [3.8, 4) is 62.1 Å². The van der Waals surface area contributed by atoms with Crippen LogP contribution in [0.2, 0.25) is 0 Å². The molecular weight excluding hydrogens is 693 g/mol. The molecule has 8 aromatic rings. The number of benzene rings is 5. The molecule has 0 saturated heterocycles. The second kappa shape index (κ2) is 14.2. The van der Waals surface area contributed by atoms with E-state index in [-0.39, 0.29) is 10.8 Å². The van der Waals surface area contributed by atoms with Crippen LogP contribution < -0.4 is 0 Å². The van der Waals surface area contributed by atoms with E-state index in [1.54, 1.807) is 0 Å². The van der Waals surface area contributed by atoms with Crippen LogP contribution in [0.25, 0.3) is 79.1 Å². The molecule has 0 unspecified atom stereocenters. The van der Waals surface area contributed by atoms with Crippen LogP contribution >= 0.6 is 0 Å². The number of hydrogen-bond donors (Lipinski definition) is 0. The Bertz CT molecular complexity index is 2650. The van der Waals surface area contributed by atoms with Gasteiger partial charge in [0.1, 0.15) is 0 Å². The van der Waals surface area contributed by atoms with Gasteiger partial charge in [-0.25, -0.2) is 15.0 Å². The Kier molecular flexibility index (Phi) is 8.98. The molecule has 6 aromatic carbocycles. The molecule has 0 spiro atoms. The van der Waals surface area contributed by atoms with Crippen molar-refractivity contribution in [3.05, 3.63) is 174 Å². The van der Waals surface area contributed by atoms with Crippen LogP contribution in [0.15, 0.2) is 145 Å². The molecule has 4 heteroatoms. The van der Waals surface area contributed by atoms with Crippen molar-refractivity contribution >= 4 is 17.0 Å². The summed E-state index contributed by atoms with van der Waals surface area (Å²) < 4.78 is 2.55. The maximum atomic E-state index is 5.19. The molecule has 278 valence electrons. The average molecular weight is 739 g/mol. The highest BCUT2D eigenvalue weighted by atomic mass is 15.0. The normalized spacial score (nSPS) is 12.9. The first kappa shape index (κ1) is 36.1. The molecule has 2 aromatic heterocycles. The van der Waals surface area contributed by atoms with E-state index in [0.29, 0.717) is 17.5 Å². The van der Waals surface area contributed by atoms with E-state index in [2.05, 4.69) is 155 Å². The summed E-state index contributed by atoms with van der Waals surface area (Å²) in [5, 5.41) is 1.29. The topological polar surface area (TPSA) is 43.6 Å². The summed E-state index contributed by atoms with van der Waals surface area (Å²) in [6.45, 7) is 13.9. The Morgan fingerprint density at radius 3 is 1.68 bits per heavy atom. The van der Waals surface area contributed by atoms with Crippen LogP contribution in [0.4, 0.5) is 0 Å². The second-order valence-corrected chi connectivity index (χ2v) is 17.1. The van der Waals surface area contributed by atoms with E-state index < -0.39 is 0 Å². The van der Waals surface area contributed by atoms with Crippen LogP contribution in [0.1, 0.15) is 64.8 Å². The molecule has 1 aliphatic carbocycles. The van der Waals surface area contributed by atoms with Crippen LogP contribution in [0, 0.1) is 17.5 Å². The van der Waals surface area contributed by atoms with Crippen molar-refractivity contribution in [2.75, 3.05) is 0 Å². The molecular formula is C53H46N4. The minimum atomic E-state index is 0.00694. The zero-order valence-corrected chi connectivity index (χ0v) is 33.6. The molecule has 0 aliphatic heterocycles. The van der Waals surface area contributed by atoms with Gasteiger partial charge in [-0.15, -0.1) is 0 Å². The fourth-order valence-electron chi connectivity index (χ4n) is 8.08. The van der Waals surface area contributed by atoms with E-state index in [1.807, 2.05) is 48.5 Å². The Labute approximate surface area is 336 Å². The van der Waals surface area contributed by atoms with Gasteiger partial charge >= 0.3 is 0 Å². The second-order valence-electron chi connectivity index (χ2n) is 17.1. The van der Waals surface area contributed by atoms with Crippen molar-refractivity contribution in [3.63, 3.8) is 0 Å². The summed E-state index contributed by atoms with van der Waals surface area (Å²) in [5.74, 6) is 1.87. The largest absolute Gasteiger partial charge is 0.312 e. The van der Waals surface area contributed by atoms with Gasteiger partial charge < -0.3 is 4.57 Å². The number of aromatic nitrogens is 4. The summed E-state index contributed by atoms with van der Waals surface area (Å²) in [7, 11) is 0. The lowest BCUT2D eigenvalue weighted by atomic mass is 9.79. The maximum Gasteiger partial charge on any atom is 0.164 e. The Balaban J connectivity index is 1.39. The Morgan fingerprint density at radius 2 is 1.12 bits per heavy atom. The van der Waals surface area contributed by atoms with Crippen LogP contribution in [-0.2, 0) is 11.8 Å². The molecule has 0 N–H and O–H groups in total. The standard InChI is InChI=1S/C53H46N4/c1-52(2,3)40-27-29-46-44(33-40)45-34-41(53(4,5)6)28-30-47(45)57(46)48-42(35-19-11-7-12-20-35)31-39(32-43(48)36-21-13-8-14-22-36)51-55-49(37-23-15-9-16-24-37)54-50(56-51)38-25-17-10-18-26-38/h7-13,15-21,23-27,29,31-34H,28,30H2,1-6H3. The lowest BCUT2D eigenvalue weighted by Gasteiger charge is -2.28. The summed E-state index contributed by atoms with van der Waals surface area (Å²) in [4.78, 5) is 15.4. The van der Waals surface area contributed by atoms with E-state index in [4.69, 9.17) is 15.0 Å². The van der Waals surface area contributed by atoms with Crippen molar-refractivity contribution < 1.29 is 0 Å². The Hall–Kier alpha value is -6.57. The number of rotatable bonds is 6. The van der Waals surface area contributed by atoms with Gasteiger partial charge in [0.05, 0.1) is 11.2 Å². The van der Waals surface area contributed by atoms with Crippen LogP contribution in [0.5, 0.6) is 0 Å². The first-order valence-electron chi connectivity index (χ1n) is 19.9. The monoisotopic (exact) mass is 738 g/mol. The molecule has 0 saturated carbocycles. The predicted octanol–water partition coefficient (Wildman–Crippen LogP) is 13.4. The molecule has 0 atom stereocenters. The fourth-order valence-corrected chi connectivity index (χ4v) is 8.08. The summed E-state index contributed by atoms with van der Waals surface area (Å²) in [6.07, 6.45) is 4.43. The van der Waals surface area contributed by atoms with E-state index in [1.165, 1.54) is 33.3 Å². The van der Waals surface area contributed by atoms with Gasteiger partial charge in [-0.3, -0.25) is 0 Å². The van der Waals surface area contributed by atoms with E-state index in [9.17, 15) is 0 Å². The molecule has 9 rings (SSSR count). The third-order valence-electron chi connectivity index (χ3n) is 11.2. The number of nitrogens with zero attached hydrogens (tertiary/aromatic N) is 4. The summed E-state index contributed by atoms with van der Waals surface area (Å²) in [6, 6.07) is 55.6. The molecule has 57 heavy (non-hydrogen) atoms. The summed E-state index contributed by atoms with van der Waals surface area (Å²) >= 11 is 0. The lowest BCUT2D eigenvalue weighted by Crippen LogP contribution is -2.15. The average Bonchev–Trinajstić information content (AvgIpc) is 3.56. The maximum absolute atomic E-state index is 5.19. The van der Waals surface area contributed by atoms with Gasteiger partial charge in [-0.05, 0) is 71.2 Å². The van der Waals surface area contributed by atoms with E-state index in [0.717, 1.165) is 57.5 Å². The highest BCUT2D eigenvalue weighted by molar-refractivity contribution is 5.98. The zero-order chi connectivity index (χ0) is 39.3. The molecule has 0 radical (unpaired) electrons. The van der Waals surface area contributed by atoms with Gasteiger partial charge in [0.25, 0.3) is 0 Å². The van der Waals surface area contributed by atoms with Crippen molar-refractivity contribution in [1.82, 2.24) is 19.5 Å². The SMILES string of the molecule is CC(C)(C)C1=Cc2c(n(-c3c(-c4c#cccc4)cc(-c4nc(-c5ccccc5)nc(-c5ccccc5)n4)cc3-c3ccccc3)c3ccc(C(C)(C)C)cc23)CC1. The van der Waals surface area contributed by atoms with Gasteiger partial charge in [-0.1, -0.05) is 168 Å².